The fourth-order valence-corrected chi connectivity index (χ4v) is 1.14. The van der Waals surface area contributed by atoms with E-state index in [-0.39, 0.29) is 0 Å². The number of aromatic nitrogens is 1. The highest BCUT2D eigenvalue weighted by molar-refractivity contribution is 7.80. The Labute approximate surface area is 83.1 Å². The molecule has 70 valence electrons. The van der Waals surface area contributed by atoms with Crippen molar-refractivity contribution in [3.05, 3.63) is 35.4 Å². The van der Waals surface area contributed by atoms with Crippen LogP contribution in [0.3, 0.4) is 0 Å². The maximum atomic E-state index is 12.6. The van der Waals surface area contributed by atoms with Gasteiger partial charge < -0.3 is 0 Å². The average molecular weight is 197 g/mol. The highest BCUT2D eigenvalue weighted by Crippen LogP contribution is 2.09. The summed E-state index contributed by atoms with van der Waals surface area (Å²) < 4.78 is 12.6. The van der Waals surface area contributed by atoms with Crippen LogP contribution in [-0.2, 0) is 0 Å². The minimum atomic E-state index is -0.427. The largest absolute Gasteiger partial charge is 0.228 e. The highest BCUT2D eigenvalue weighted by Gasteiger charge is 1.96. The van der Waals surface area contributed by atoms with Crippen molar-refractivity contribution in [2.45, 2.75) is 13.3 Å². The third-order valence-electron chi connectivity index (χ3n) is 1.71. The summed E-state index contributed by atoms with van der Waals surface area (Å²) in [7, 11) is 0. The van der Waals surface area contributed by atoms with Gasteiger partial charge in [-0.15, -0.1) is 0 Å². The number of rotatable bonds is 3. The molecule has 0 amide bonds. The molecule has 1 heterocycles. The summed E-state index contributed by atoms with van der Waals surface area (Å²) in [6.07, 6.45) is 6.41. The molecule has 0 atom stereocenters. The Bertz CT molecular complexity index is 310. The van der Waals surface area contributed by atoms with E-state index in [1.165, 1.54) is 6.07 Å². The molecular weight excluding hydrogens is 185 g/mol. The van der Waals surface area contributed by atoms with Gasteiger partial charge >= 0.3 is 0 Å². The van der Waals surface area contributed by atoms with E-state index < -0.39 is 5.95 Å². The molecule has 0 fully saturated rings. The standard InChI is InChI=1S/C10H12FNS/c1-8-6-10(11)12-7-9(8)4-2-3-5-13/h2,4,6-7,13H,3,5H2,1H3. The molecule has 3 heteroatoms. The maximum absolute atomic E-state index is 12.6. The molecule has 0 radical (unpaired) electrons. The van der Waals surface area contributed by atoms with Crippen LogP contribution in [0, 0.1) is 12.9 Å². The van der Waals surface area contributed by atoms with E-state index in [9.17, 15) is 4.39 Å². The number of hydrogen-bond acceptors (Lipinski definition) is 2. The van der Waals surface area contributed by atoms with E-state index in [0.717, 1.165) is 23.3 Å². The molecule has 1 aromatic rings. The molecule has 0 N–H and O–H groups in total. The Hall–Kier alpha value is -0.830. The molecule has 1 rings (SSSR count). The molecule has 0 unspecified atom stereocenters. The molecular formula is C10H12FNS. The van der Waals surface area contributed by atoms with Crippen molar-refractivity contribution in [1.82, 2.24) is 4.98 Å². The van der Waals surface area contributed by atoms with Gasteiger partial charge in [0.1, 0.15) is 0 Å². The van der Waals surface area contributed by atoms with E-state index >= 15 is 0 Å². The van der Waals surface area contributed by atoms with Crippen LogP contribution in [0.1, 0.15) is 17.5 Å². The molecule has 0 spiro atoms. The Kier molecular flexibility index (Phi) is 3.96. The lowest BCUT2D eigenvalue weighted by atomic mass is 10.1. The molecule has 0 aliphatic heterocycles. The number of pyridine rings is 1. The Balaban J connectivity index is 2.77. The lowest BCUT2D eigenvalue weighted by Crippen LogP contribution is -1.87. The quantitative estimate of drug-likeness (QED) is 0.580. The minimum absolute atomic E-state index is 0.427. The second-order valence-electron chi connectivity index (χ2n) is 2.78. The molecule has 13 heavy (non-hydrogen) atoms. The van der Waals surface area contributed by atoms with Crippen LogP contribution in [0.15, 0.2) is 18.3 Å². The normalized spacial score (nSPS) is 11.0. The van der Waals surface area contributed by atoms with Crippen molar-refractivity contribution < 1.29 is 4.39 Å². The molecule has 0 aliphatic rings. The monoisotopic (exact) mass is 197 g/mol. The zero-order chi connectivity index (χ0) is 9.68. The van der Waals surface area contributed by atoms with Gasteiger partial charge in [0.05, 0.1) is 0 Å². The van der Waals surface area contributed by atoms with Gasteiger partial charge in [-0.05, 0) is 36.3 Å². The first-order valence-electron chi connectivity index (χ1n) is 4.13. The third-order valence-corrected chi connectivity index (χ3v) is 1.97. The lowest BCUT2D eigenvalue weighted by molar-refractivity contribution is 0.582. The van der Waals surface area contributed by atoms with Gasteiger partial charge in [0.25, 0.3) is 0 Å². The van der Waals surface area contributed by atoms with Gasteiger partial charge in [-0.3, -0.25) is 0 Å². The Morgan fingerprint density at radius 1 is 1.62 bits per heavy atom. The number of aryl methyl sites for hydroxylation is 1. The summed E-state index contributed by atoms with van der Waals surface area (Å²) in [4.78, 5) is 3.58. The van der Waals surface area contributed by atoms with Crippen LogP contribution in [0.5, 0.6) is 0 Å². The van der Waals surface area contributed by atoms with Crippen molar-refractivity contribution in [3.63, 3.8) is 0 Å². The number of nitrogens with zero attached hydrogens (tertiary/aromatic N) is 1. The fourth-order valence-electron chi connectivity index (χ4n) is 0.992. The van der Waals surface area contributed by atoms with Gasteiger partial charge in [0.15, 0.2) is 0 Å². The number of thiol groups is 1. The molecule has 1 nitrogen and oxygen atoms in total. The van der Waals surface area contributed by atoms with Crippen LogP contribution < -0.4 is 0 Å². The number of hydrogen-bond donors (Lipinski definition) is 1. The summed E-state index contributed by atoms with van der Waals surface area (Å²) in [6, 6.07) is 1.43. The molecule has 0 saturated heterocycles. The first-order valence-corrected chi connectivity index (χ1v) is 4.77. The molecule has 1 aromatic heterocycles. The van der Waals surface area contributed by atoms with Crippen molar-refractivity contribution in [2.24, 2.45) is 0 Å². The fraction of sp³-hybridized carbons (Fsp3) is 0.300. The van der Waals surface area contributed by atoms with Crippen LogP contribution in [-0.4, -0.2) is 10.7 Å². The van der Waals surface area contributed by atoms with Gasteiger partial charge in [-0.2, -0.15) is 17.0 Å². The number of halogens is 1. The maximum Gasteiger partial charge on any atom is 0.213 e. The second kappa shape index (κ2) is 5.02. The van der Waals surface area contributed by atoms with Gasteiger partial charge in [0, 0.05) is 6.20 Å². The van der Waals surface area contributed by atoms with Crippen molar-refractivity contribution in [3.8, 4) is 0 Å². The molecule has 0 aromatic carbocycles. The first-order chi connectivity index (χ1) is 6.24. The smallest absolute Gasteiger partial charge is 0.213 e. The highest BCUT2D eigenvalue weighted by atomic mass is 32.1. The summed E-state index contributed by atoms with van der Waals surface area (Å²) >= 11 is 4.08. The van der Waals surface area contributed by atoms with Crippen molar-refractivity contribution >= 4 is 18.7 Å². The predicted octanol–water partition coefficient (Wildman–Crippen LogP) is 2.86. The Morgan fingerprint density at radius 3 is 3.00 bits per heavy atom. The summed E-state index contributed by atoms with van der Waals surface area (Å²) in [5.41, 5.74) is 1.87. The second-order valence-corrected chi connectivity index (χ2v) is 3.23. The van der Waals surface area contributed by atoms with Crippen LogP contribution in [0.25, 0.3) is 6.08 Å². The third kappa shape index (κ3) is 3.19. The van der Waals surface area contributed by atoms with E-state index in [1.54, 1.807) is 6.20 Å². The Morgan fingerprint density at radius 2 is 2.38 bits per heavy atom. The first kappa shape index (κ1) is 10.3. The van der Waals surface area contributed by atoms with Crippen molar-refractivity contribution in [2.75, 3.05) is 5.75 Å². The van der Waals surface area contributed by atoms with Gasteiger partial charge in [-0.25, -0.2) is 4.98 Å². The topological polar surface area (TPSA) is 12.9 Å². The van der Waals surface area contributed by atoms with E-state index in [1.807, 2.05) is 19.1 Å². The zero-order valence-corrected chi connectivity index (χ0v) is 8.39. The van der Waals surface area contributed by atoms with Crippen molar-refractivity contribution in [1.29, 1.82) is 0 Å². The summed E-state index contributed by atoms with van der Waals surface area (Å²) in [5, 5.41) is 0. The molecule has 0 saturated carbocycles. The van der Waals surface area contributed by atoms with Crippen LogP contribution in [0.4, 0.5) is 4.39 Å². The van der Waals surface area contributed by atoms with Crippen LogP contribution in [0.2, 0.25) is 0 Å². The van der Waals surface area contributed by atoms with Crippen LogP contribution >= 0.6 is 12.6 Å². The summed E-state index contributed by atoms with van der Waals surface area (Å²) in [5.74, 6) is 0.397. The van der Waals surface area contributed by atoms with Gasteiger partial charge in [0.2, 0.25) is 5.95 Å². The molecule has 0 aliphatic carbocycles. The van der Waals surface area contributed by atoms with E-state index in [2.05, 4.69) is 17.6 Å². The van der Waals surface area contributed by atoms with E-state index in [0.29, 0.717) is 0 Å². The predicted molar refractivity (Wildman–Crippen MR) is 56.4 cm³/mol. The SMILES string of the molecule is Cc1cc(F)ncc1C=CCCS. The van der Waals surface area contributed by atoms with Gasteiger partial charge in [-0.1, -0.05) is 12.2 Å². The zero-order valence-electron chi connectivity index (χ0n) is 7.50. The summed E-state index contributed by atoms with van der Waals surface area (Å²) in [6.45, 7) is 1.87. The lowest BCUT2D eigenvalue weighted by Gasteiger charge is -1.98. The van der Waals surface area contributed by atoms with E-state index in [4.69, 9.17) is 0 Å². The number of allylic oxidation sites excluding steroid dienone is 1. The average Bonchev–Trinajstić information content (AvgIpc) is 2.09. The minimum Gasteiger partial charge on any atom is -0.228 e. The molecule has 0 bridgehead atoms.